The van der Waals surface area contributed by atoms with Gasteiger partial charge in [-0.05, 0) is 12.1 Å². The van der Waals surface area contributed by atoms with E-state index in [1.807, 2.05) is 60.9 Å². The predicted octanol–water partition coefficient (Wildman–Crippen LogP) is 2.63. The van der Waals surface area contributed by atoms with Crippen molar-refractivity contribution in [1.29, 1.82) is 0 Å². The van der Waals surface area contributed by atoms with Gasteiger partial charge in [0.15, 0.2) is 5.82 Å². The molecule has 1 N–H and O–H groups in total. The number of benzene rings is 1. The highest BCUT2D eigenvalue weighted by Crippen LogP contribution is 2.20. The molecule has 0 saturated heterocycles. The molecular formula is C18H15N5. The van der Waals surface area contributed by atoms with Crippen LogP contribution in [0.4, 0.5) is 0 Å². The number of hydrogen-bond donors (Lipinski definition) is 1. The summed E-state index contributed by atoms with van der Waals surface area (Å²) in [5.74, 6) is 1.56. The van der Waals surface area contributed by atoms with Crippen molar-refractivity contribution in [2.75, 3.05) is 6.54 Å². The topological polar surface area (TPSA) is 63.1 Å². The molecule has 1 aliphatic heterocycles. The third kappa shape index (κ3) is 2.81. The van der Waals surface area contributed by atoms with Gasteiger partial charge in [0.2, 0.25) is 0 Å². The minimum absolute atomic E-state index is 0.0943. The lowest BCUT2D eigenvalue weighted by molar-refractivity contribution is 0.701. The van der Waals surface area contributed by atoms with Crippen LogP contribution >= 0.6 is 0 Å². The molecule has 2 aromatic heterocycles. The molecule has 4 rings (SSSR count). The van der Waals surface area contributed by atoms with E-state index in [0.29, 0.717) is 6.54 Å². The van der Waals surface area contributed by atoms with Gasteiger partial charge in [-0.2, -0.15) is 0 Å². The summed E-state index contributed by atoms with van der Waals surface area (Å²) in [5.41, 5.74) is 2.90. The van der Waals surface area contributed by atoms with Crippen LogP contribution in [0.3, 0.4) is 0 Å². The van der Waals surface area contributed by atoms with Crippen LogP contribution in [-0.2, 0) is 0 Å². The molecule has 1 atom stereocenters. The van der Waals surface area contributed by atoms with Crippen LogP contribution in [0.15, 0.2) is 72.1 Å². The number of pyridine rings is 1. The molecule has 3 heterocycles. The first-order valence-corrected chi connectivity index (χ1v) is 7.50. The molecular weight excluding hydrogens is 286 g/mol. The van der Waals surface area contributed by atoms with E-state index in [1.54, 1.807) is 6.20 Å². The number of rotatable bonds is 3. The summed E-state index contributed by atoms with van der Waals surface area (Å²) in [6.07, 6.45) is 5.50. The van der Waals surface area contributed by atoms with Gasteiger partial charge in [-0.1, -0.05) is 36.4 Å². The number of amidine groups is 1. The SMILES string of the molecule is c1ccc(-c2ncc(C3CN=C(c4ccccn4)N3)cn2)cc1. The fourth-order valence-corrected chi connectivity index (χ4v) is 2.54. The van der Waals surface area contributed by atoms with Crippen molar-refractivity contribution in [2.45, 2.75) is 6.04 Å². The first-order chi connectivity index (χ1) is 11.4. The van der Waals surface area contributed by atoms with Crippen molar-refractivity contribution in [2.24, 2.45) is 4.99 Å². The van der Waals surface area contributed by atoms with E-state index >= 15 is 0 Å². The Hall–Kier alpha value is -3.08. The van der Waals surface area contributed by atoms with Crippen LogP contribution in [0.5, 0.6) is 0 Å². The number of nitrogens with one attached hydrogen (secondary N) is 1. The van der Waals surface area contributed by atoms with Crippen LogP contribution in [0.25, 0.3) is 11.4 Å². The molecule has 0 radical (unpaired) electrons. The monoisotopic (exact) mass is 301 g/mol. The van der Waals surface area contributed by atoms with Gasteiger partial charge in [-0.15, -0.1) is 0 Å². The number of aromatic nitrogens is 3. The van der Waals surface area contributed by atoms with Gasteiger partial charge < -0.3 is 5.32 Å². The Morgan fingerprint density at radius 2 is 1.65 bits per heavy atom. The summed E-state index contributed by atoms with van der Waals surface area (Å²) in [4.78, 5) is 17.8. The fraction of sp³-hybridized carbons (Fsp3) is 0.111. The van der Waals surface area contributed by atoms with Crippen LogP contribution in [0.1, 0.15) is 17.3 Å². The summed E-state index contributed by atoms with van der Waals surface area (Å²) in [6.45, 7) is 0.667. The van der Waals surface area contributed by atoms with Crippen molar-refractivity contribution in [1.82, 2.24) is 20.3 Å². The third-order valence-electron chi connectivity index (χ3n) is 3.76. The van der Waals surface area contributed by atoms with E-state index in [4.69, 9.17) is 0 Å². The minimum Gasteiger partial charge on any atom is -0.360 e. The second-order valence-corrected chi connectivity index (χ2v) is 5.31. The van der Waals surface area contributed by atoms with Crippen molar-refractivity contribution < 1.29 is 0 Å². The van der Waals surface area contributed by atoms with Crippen molar-refractivity contribution in [3.63, 3.8) is 0 Å². The maximum Gasteiger partial charge on any atom is 0.159 e. The minimum atomic E-state index is 0.0943. The average molecular weight is 301 g/mol. The Bertz CT molecular complexity index is 813. The summed E-state index contributed by atoms with van der Waals surface area (Å²) >= 11 is 0. The van der Waals surface area contributed by atoms with Gasteiger partial charge in [0.25, 0.3) is 0 Å². The highest BCUT2D eigenvalue weighted by atomic mass is 15.1. The second kappa shape index (κ2) is 5.96. The van der Waals surface area contributed by atoms with E-state index in [0.717, 1.165) is 28.5 Å². The van der Waals surface area contributed by atoms with Gasteiger partial charge in [0.1, 0.15) is 11.5 Å². The number of nitrogens with zero attached hydrogens (tertiary/aromatic N) is 4. The Kier molecular flexibility index (Phi) is 3.52. The molecule has 5 heteroatoms. The first kappa shape index (κ1) is 13.6. The molecule has 0 aliphatic carbocycles. The lowest BCUT2D eigenvalue weighted by Crippen LogP contribution is -2.24. The van der Waals surface area contributed by atoms with Gasteiger partial charge in [-0.3, -0.25) is 9.98 Å². The molecule has 0 spiro atoms. The van der Waals surface area contributed by atoms with Crippen LogP contribution in [0, 0.1) is 0 Å². The Morgan fingerprint density at radius 1 is 0.870 bits per heavy atom. The third-order valence-corrected chi connectivity index (χ3v) is 3.76. The summed E-state index contributed by atoms with van der Waals surface area (Å²) in [6, 6.07) is 15.9. The molecule has 1 unspecified atom stereocenters. The first-order valence-electron chi connectivity index (χ1n) is 7.50. The van der Waals surface area contributed by atoms with Gasteiger partial charge >= 0.3 is 0 Å². The Morgan fingerprint density at radius 3 is 2.39 bits per heavy atom. The molecule has 0 fully saturated rings. The quantitative estimate of drug-likeness (QED) is 0.808. The van der Waals surface area contributed by atoms with Gasteiger partial charge in [0, 0.05) is 29.7 Å². The maximum absolute atomic E-state index is 4.53. The number of hydrogen-bond acceptors (Lipinski definition) is 5. The number of aliphatic imine (C=N–C) groups is 1. The Balaban J connectivity index is 1.50. The van der Waals surface area contributed by atoms with E-state index in [1.165, 1.54) is 0 Å². The molecule has 1 aromatic carbocycles. The predicted molar refractivity (Wildman–Crippen MR) is 89.0 cm³/mol. The van der Waals surface area contributed by atoms with Crippen LogP contribution < -0.4 is 5.32 Å². The van der Waals surface area contributed by atoms with Crippen molar-refractivity contribution in [3.8, 4) is 11.4 Å². The lowest BCUT2D eigenvalue weighted by atomic mass is 10.1. The van der Waals surface area contributed by atoms with Gasteiger partial charge in [-0.25, -0.2) is 9.97 Å². The maximum atomic E-state index is 4.53. The largest absolute Gasteiger partial charge is 0.360 e. The average Bonchev–Trinajstić information content (AvgIpc) is 3.14. The molecule has 5 nitrogen and oxygen atoms in total. The molecule has 23 heavy (non-hydrogen) atoms. The summed E-state index contributed by atoms with van der Waals surface area (Å²) in [5, 5.41) is 3.39. The van der Waals surface area contributed by atoms with E-state index in [2.05, 4.69) is 25.3 Å². The molecule has 112 valence electrons. The molecule has 0 amide bonds. The van der Waals surface area contributed by atoms with Crippen molar-refractivity contribution in [3.05, 3.63) is 78.4 Å². The summed E-state index contributed by atoms with van der Waals surface area (Å²) in [7, 11) is 0. The van der Waals surface area contributed by atoms with Crippen LogP contribution in [0.2, 0.25) is 0 Å². The standard InChI is InChI=1S/C18H15N5/c1-2-6-13(7-3-1)17-20-10-14(11-21-17)16-12-22-18(23-16)15-8-4-5-9-19-15/h1-11,16H,12H2,(H,22,23). The van der Waals surface area contributed by atoms with E-state index in [9.17, 15) is 0 Å². The fourth-order valence-electron chi connectivity index (χ4n) is 2.54. The molecule has 3 aromatic rings. The summed E-state index contributed by atoms with van der Waals surface area (Å²) < 4.78 is 0. The molecule has 0 saturated carbocycles. The van der Waals surface area contributed by atoms with Crippen molar-refractivity contribution >= 4 is 5.84 Å². The molecule has 0 bridgehead atoms. The zero-order valence-corrected chi connectivity index (χ0v) is 12.4. The van der Waals surface area contributed by atoms with E-state index < -0.39 is 0 Å². The zero-order valence-electron chi connectivity index (χ0n) is 12.4. The smallest absolute Gasteiger partial charge is 0.159 e. The Labute approximate surface area is 134 Å². The second-order valence-electron chi connectivity index (χ2n) is 5.31. The zero-order chi connectivity index (χ0) is 15.5. The lowest BCUT2D eigenvalue weighted by Gasteiger charge is -2.11. The van der Waals surface area contributed by atoms with E-state index in [-0.39, 0.29) is 6.04 Å². The normalized spacial score (nSPS) is 16.7. The van der Waals surface area contributed by atoms with Crippen LogP contribution in [-0.4, -0.2) is 27.3 Å². The van der Waals surface area contributed by atoms with Gasteiger partial charge in [0.05, 0.1) is 12.6 Å². The highest BCUT2D eigenvalue weighted by Gasteiger charge is 2.21. The molecule has 1 aliphatic rings. The highest BCUT2D eigenvalue weighted by molar-refractivity contribution is 5.98.